The van der Waals surface area contributed by atoms with Gasteiger partial charge >= 0.3 is 12.1 Å². The first-order valence-corrected chi connectivity index (χ1v) is 11.3. The van der Waals surface area contributed by atoms with Crippen LogP contribution < -0.4 is 10.1 Å². The number of nitrogens with one attached hydrogen (secondary N) is 1. The third kappa shape index (κ3) is 7.08. The monoisotopic (exact) mass is 569 g/mol. The van der Waals surface area contributed by atoms with Gasteiger partial charge in [-0.05, 0) is 48.9 Å². The van der Waals surface area contributed by atoms with E-state index in [9.17, 15) is 36.2 Å². The number of fused-ring (bicyclic) bond motifs is 1. The summed E-state index contributed by atoms with van der Waals surface area (Å²) in [6.45, 7) is 0.882. The molecule has 14 heteroatoms. The molecular weight excluding hydrogens is 548 g/mol. The number of carboxylic acids is 1. The van der Waals surface area contributed by atoms with Crippen LogP contribution in [0.4, 0.5) is 26.3 Å². The fourth-order valence-corrected chi connectivity index (χ4v) is 3.52. The van der Waals surface area contributed by atoms with Gasteiger partial charge in [-0.15, -0.1) is 0 Å². The molecule has 0 fully saturated rings. The SMILES string of the molecule is Cc1nc2c(OCc3c(F)cccc3F)cccn2c1C(=O)NC(CO)c1ccc(F)cc1.O=C(O)C(F)(F)F. The van der Waals surface area contributed by atoms with Crippen molar-refractivity contribution in [2.45, 2.75) is 25.7 Å². The normalized spacial score (nSPS) is 11.9. The molecular formula is C26H21F6N3O5. The Morgan fingerprint density at radius 1 is 1.02 bits per heavy atom. The van der Waals surface area contributed by atoms with Crippen LogP contribution in [0.5, 0.6) is 5.75 Å². The summed E-state index contributed by atoms with van der Waals surface area (Å²) in [6, 6.07) is 11.4. The van der Waals surface area contributed by atoms with Gasteiger partial charge in [-0.1, -0.05) is 18.2 Å². The van der Waals surface area contributed by atoms with E-state index in [0.717, 1.165) is 12.1 Å². The molecule has 0 bridgehead atoms. The van der Waals surface area contributed by atoms with Crippen LogP contribution in [-0.2, 0) is 11.4 Å². The van der Waals surface area contributed by atoms with Crippen molar-refractivity contribution in [1.82, 2.24) is 14.7 Å². The van der Waals surface area contributed by atoms with Crippen LogP contribution in [-0.4, -0.2) is 44.3 Å². The van der Waals surface area contributed by atoms with Gasteiger partial charge in [0.2, 0.25) is 0 Å². The fourth-order valence-electron chi connectivity index (χ4n) is 3.52. The lowest BCUT2D eigenvalue weighted by atomic mass is 10.1. The average Bonchev–Trinajstić information content (AvgIpc) is 3.24. The topological polar surface area (TPSA) is 113 Å². The molecule has 3 N–H and O–H groups in total. The van der Waals surface area contributed by atoms with E-state index in [4.69, 9.17) is 14.6 Å². The number of carbonyl (C=O) groups is 2. The highest BCUT2D eigenvalue weighted by molar-refractivity contribution is 5.95. The molecule has 4 aromatic rings. The Balaban J connectivity index is 0.000000559. The molecule has 1 unspecified atom stereocenters. The van der Waals surface area contributed by atoms with Gasteiger partial charge in [-0.25, -0.2) is 22.9 Å². The summed E-state index contributed by atoms with van der Waals surface area (Å²) in [5.41, 5.74) is 1.20. The van der Waals surface area contributed by atoms with Crippen LogP contribution in [0.1, 0.15) is 33.4 Å². The molecule has 212 valence electrons. The van der Waals surface area contributed by atoms with E-state index in [1.165, 1.54) is 34.7 Å². The Morgan fingerprint density at radius 2 is 1.62 bits per heavy atom. The number of halogens is 6. The maximum absolute atomic E-state index is 13.9. The Hall–Kier alpha value is -4.59. The highest BCUT2D eigenvalue weighted by Crippen LogP contribution is 2.25. The third-order valence-corrected chi connectivity index (χ3v) is 5.44. The number of hydrogen-bond acceptors (Lipinski definition) is 5. The first-order chi connectivity index (χ1) is 18.8. The van der Waals surface area contributed by atoms with E-state index in [2.05, 4.69) is 10.3 Å². The number of pyridine rings is 1. The highest BCUT2D eigenvalue weighted by atomic mass is 19.4. The molecule has 0 saturated heterocycles. The van der Waals surface area contributed by atoms with Crippen molar-refractivity contribution in [2.24, 2.45) is 0 Å². The smallest absolute Gasteiger partial charge is 0.485 e. The van der Waals surface area contributed by atoms with E-state index in [1.54, 1.807) is 25.3 Å². The number of aliphatic carboxylic acids is 1. The summed E-state index contributed by atoms with van der Waals surface area (Å²) in [5, 5.41) is 19.6. The van der Waals surface area contributed by atoms with Crippen molar-refractivity contribution < 1.29 is 50.9 Å². The number of alkyl halides is 3. The van der Waals surface area contributed by atoms with Gasteiger partial charge < -0.3 is 20.3 Å². The lowest BCUT2D eigenvalue weighted by molar-refractivity contribution is -0.192. The number of carbonyl (C=O) groups excluding carboxylic acids is 1. The molecule has 0 aliphatic carbocycles. The maximum atomic E-state index is 13.9. The summed E-state index contributed by atoms with van der Waals surface area (Å²) >= 11 is 0. The number of aromatic nitrogens is 2. The quantitative estimate of drug-likeness (QED) is 0.278. The van der Waals surface area contributed by atoms with Crippen LogP contribution >= 0.6 is 0 Å². The molecule has 8 nitrogen and oxygen atoms in total. The Kier molecular flexibility index (Phi) is 9.37. The molecule has 1 amide bonds. The lowest BCUT2D eigenvalue weighted by Crippen LogP contribution is -2.32. The van der Waals surface area contributed by atoms with E-state index >= 15 is 0 Å². The van der Waals surface area contributed by atoms with E-state index in [-0.39, 0.29) is 23.6 Å². The molecule has 0 aliphatic rings. The van der Waals surface area contributed by atoms with Gasteiger partial charge in [0, 0.05) is 6.20 Å². The Bertz CT molecular complexity index is 1490. The van der Waals surface area contributed by atoms with E-state index in [0.29, 0.717) is 16.9 Å². The van der Waals surface area contributed by atoms with Crippen molar-refractivity contribution in [3.8, 4) is 5.75 Å². The van der Waals surface area contributed by atoms with Crippen molar-refractivity contribution in [3.63, 3.8) is 0 Å². The summed E-state index contributed by atoms with van der Waals surface area (Å²) < 4.78 is 79.9. The average molecular weight is 569 g/mol. The molecule has 2 aromatic heterocycles. The van der Waals surface area contributed by atoms with Crippen LogP contribution in [0.3, 0.4) is 0 Å². The number of nitrogens with zero attached hydrogens (tertiary/aromatic N) is 2. The van der Waals surface area contributed by atoms with Crippen LogP contribution in [0.2, 0.25) is 0 Å². The molecule has 4 rings (SSSR count). The molecule has 1 atom stereocenters. The largest absolute Gasteiger partial charge is 0.490 e. The number of aliphatic hydroxyl groups is 1. The van der Waals surface area contributed by atoms with E-state index < -0.39 is 48.2 Å². The molecule has 0 saturated carbocycles. The number of carboxylic acid groups (broad SMARTS) is 1. The van der Waals surface area contributed by atoms with Crippen LogP contribution in [0, 0.1) is 24.4 Å². The van der Waals surface area contributed by atoms with Gasteiger partial charge in [0.1, 0.15) is 29.8 Å². The summed E-state index contributed by atoms with van der Waals surface area (Å²) in [6.07, 6.45) is -3.48. The second-order valence-corrected chi connectivity index (χ2v) is 8.16. The Morgan fingerprint density at radius 3 is 2.17 bits per heavy atom. The number of aryl methyl sites for hydroxylation is 1. The van der Waals surface area contributed by atoms with Gasteiger partial charge in [-0.2, -0.15) is 13.2 Å². The first-order valence-electron chi connectivity index (χ1n) is 11.3. The maximum Gasteiger partial charge on any atom is 0.490 e. The number of hydrogen-bond donors (Lipinski definition) is 3. The number of ether oxygens (including phenoxy) is 1. The minimum atomic E-state index is -5.08. The summed E-state index contributed by atoms with van der Waals surface area (Å²) in [4.78, 5) is 26.3. The molecule has 0 aliphatic heterocycles. The van der Waals surface area contributed by atoms with Crippen LogP contribution in [0.15, 0.2) is 60.8 Å². The lowest BCUT2D eigenvalue weighted by Gasteiger charge is -2.17. The second kappa shape index (κ2) is 12.5. The highest BCUT2D eigenvalue weighted by Gasteiger charge is 2.38. The molecule has 2 heterocycles. The van der Waals surface area contributed by atoms with Crippen LogP contribution in [0.25, 0.3) is 5.65 Å². The van der Waals surface area contributed by atoms with Gasteiger partial charge in [-0.3, -0.25) is 9.20 Å². The van der Waals surface area contributed by atoms with Crippen molar-refractivity contribution in [3.05, 3.63) is 101 Å². The standard InChI is InChI=1S/C24H20F3N3O3.C2HF3O2/c1-14-22(24(32)29-20(12-31)15-7-9-16(25)10-8-15)30-11-3-6-21(23(30)28-14)33-13-17-18(26)4-2-5-19(17)27;3-2(4,5)1(6)7/h2-11,20,31H,12-13H2,1H3,(H,29,32);(H,6,7). The van der Waals surface area contributed by atoms with Gasteiger partial charge in [0.15, 0.2) is 11.4 Å². The minimum absolute atomic E-state index is 0.202. The number of benzene rings is 2. The van der Waals surface area contributed by atoms with E-state index in [1.807, 2.05) is 0 Å². The zero-order valence-electron chi connectivity index (χ0n) is 20.5. The zero-order chi connectivity index (χ0) is 29.6. The number of rotatable bonds is 7. The Labute approximate surface area is 222 Å². The number of amides is 1. The van der Waals surface area contributed by atoms with Gasteiger partial charge in [0.05, 0.1) is 23.9 Å². The third-order valence-electron chi connectivity index (χ3n) is 5.44. The zero-order valence-corrected chi connectivity index (χ0v) is 20.5. The van der Waals surface area contributed by atoms with Crippen molar-refractivity contribution in [2.75, 3.05) is 6.61 Å². The van der Waals surface area contributed by atoms with Crippen molar-refractivity contribution >= 4 is 17.5 Å². The number of aliphatic hydroxyl groups excluding tert-OH is 1. The predicted molar refractivity (Wildman–Crippen MR) is 128 cm³/mol. The molecule has 0 spiro atoms. The van der Waals surface area contributed by atoms with Crippen molar-refractivity contribution in [1.29, 1.82) is 0 Å². The first kappa shape index (κ1) is 30.0. The molecule has 2 aromatic carbocycles. The fraction of sp³-hybridized carbons (Fsp3) is 0.192. The molecule has 40 heavy (non-hydrogen) atoms. The number of imidazole rings is 1. The second-order valence-electron chi connectivity index (χ2n) is 8.16. The van der Waals surface area contributed by atoms with Gasteiger partial charge in [0.25, 0.3) is 5.91 Å². The minimum Gasteiger partial charge on any atom is -0.485 e. The molecule has 0 radical (unpaired) electrons. The summed E-state index contributed by atoms with van der Waals surface area (Å²) in [7, 11) is 0. The summed E-state index contributed by atoms with van der Waals surface area (Å²) in [5.74, 6) is -4.91. The predicted octanol–water partition coefficient (Wildman–Crippen LogP) is 4.74.